The normalized spacial score (nSPS) is 13.2. The average molecular weight is 302 g/mol. The van der Waals surface area contributed by atoms with Crippen LogP contribution in [-0.2, 0) is 14.3 Å². The second-order valence-electron chi connectivity index (χ2n) is 5.05. The number of ether oxygens (including phenoxy) is 2. The van der Waals surface area contributed by atoms with Gasteiger partial charge in [0.15, 0.2) is 0 Å². The monoisotopic (exact) mass is 302 g/mol. The smallest absolute Gasteiger partial charge is 0.330 e. The van der Waals surface area contributed by atoms with E-state index < -0.39 is 15.5 Å². The molecule has 0 spiro atoms. The number of carboxylic acid groups (broad SMARTS) is 1. The van der Waals surface area contributed by atoms with Gasteiger partial charge in [0.2, 0.25) is 0 Å². The molecule has 20 heavy (non-hydrogen) atoms. The molecule has 0 radical (unpaired) electrons. The maximum atomic E-state index is 11.0. The highest BCUT2D eigenvalue weighted by atomic mass is 28.2. The number of aliphatic carboxylic acids is 1. The van der Waals surface area contributed by atoms with Crippen molar-refractivity contribution >= 4 is 15.5 Å². The van der Waals surface area contributed by atoms with Crippen molar-refractivity contribution in [3.05, 3.63) is 12.2 Å². The van der Waals surface area contributed by atoms with E-state index in [0.717, 1.165) is 32.1 Å². The summed E-state index contributed by atoms with van der Waals surface area (Å²) in [6.45, 7) is 11.3. The van der Waals surface area contributed by atoms with E-state index in [1.54, 1.807) is 0 Å². The molecule has 0 aliphatic rings. The molecule has 0 saturated heterocycles. The molecule has 5 heteroatoms. The van der Waals surface area contributed by atoms with Crippen molar-refractivity contribution < 1.29 is 19.4 Å². The lowest BCUT2D eigenvalue weighted by atomic mass is 10.2. The van der Waals surface area contributed by atoms with Gasteiger partial charge in [-0.3, -0.25) is 0 Å². The van der Waals surface area contributed by atoms with Crippen molar-refractivity contribution in [2.24, 2.45) is 0 Å². The minimum atomic E-state index is -0.898. The lowest BCUT2D eigenvalue weighted by Gasteiger charge is -2.23. The molecule has 0 bridgehead atoms. The lowest BCUT2D eigenvalue weighted by molar-refractivity contribution is -0.132. The molecule has 0 aliphatic heterocycles. The van der Waals surface area contributed by atoms with E-state index in [1.807, 2.05) is 6.92 Å². The third-order valence-corrected chi connectivity index (χ3v) is 5.84. The fourth-order valence-corrected chi connectivity index (χ4v) is 3.73. The van der Waals surface area contributed by atoms with Gasteiger partial charge in [0, 0.05) is 18.8 Å². The van der Waals surface area contributed by atoms with Crippen molar-refractivity contribution in [2.45, 2.75) is 64.3 Å². The lowest BCUT2D eigenvalue weighted by Crippen LogP contribution is -2.30. The molecule has 0 heterocycles. The van der Waals surface area contributed by atoms with Crippen LogP contribution in [0.1, 0.15) is 52.9 Å². The predicted molar refractivity (Wildman–Crippen MR) is 84.9 cm³/mol. The first-order valence-electron chi connectivity index (χ1n) is 7.71. The zero-order valence-electron chi connectivity index (χ0n) is 13.2. The topological polar surface area (TPSA) is 55.8 Å². The van der Waals surface area contributed by atoms with Crippen LogP contribution in [0.15, 0.2) is 12.2 Å². The molecule has 1 atom stereocenters. The molecule has 0 aromatic carbocycles. The number of hydrogen-bond donors (Lipinski definition) is 1. The number of hydrogen-bond acceptors (Lipinski definition) is 3. The summed E-state index contributed by atoms with van der Waals surface area (Å²) in [5, 5.41) is 9.07. The van der Waals surface area contributed by atoms with Crippen molar-refractivity contribution in [2.75, 3.05) is 13.2 Å². The SMILES string of the molecule is C=C(C(=O)O)C(CC)[SiH2]C(OCCCC)OCCCC. The predicted octanol–water partition coefficient (Wildman–Crippen LogP) is 2.91. The van der Waals surface area contributed by atoms with Crippen LogP contribution in [0.3, 0.4) is 0 Å². The van der Waals surface area contributed by atoms with Gasteiger partial charge in [-0.1, -0.05) is 46.6 Å². The fourth-order valence-electron chi connectivity index (χ4n) is 1.86. The van der Waals surface area contributed by atoms with Gasteiger partial charge < -0.3 is 14.6 Å². The minimum absolute atomic E-state index is 0.0424. The van der Waals surface area contributed by atoms with Crippen molar-refractivity contribution in [1.82, 2.24) is 0 Å². The Balaban J connectivity index is 4.40. The number of unbranched alkanes of at least 4 members (excludes halogenated alkanes) is 2. The first kappa shape index (κ1) is 19.3. The standard InChI is InChI=1S/C15H30O4Si/c1-5-8-10-18-15(19-11-9-6-2)20-13(7-3)12(4)14(16)17/h13,15H,4-11,20H2,1-3H3,(H,16,17). The van der Waals surface area contributed by atoms with Crippen LogP contribution in [0, 0.1) is 0 Å². The molecule has 1 unspecified atom stereocenters. The van der Waals surface area contributed by atoms with Gasteiger partial charge in [-0.2, -0.15) is 0 Å². The molecule has 118 valence electrons. The van der Waals surface area contributed by atoms with Gasteiger partial charge in [-0.05, 0) is 18.4 Å². The fraction of sp³-hybridized carbons (Fsp3) is 0.800. The summed E-state index contributed by atoms with van der Waals surface area (Å²) in [5.74, 6) is -1.08. The van der Waals surface area contributed by atoms with E-state index in [-0.39, 0.29) is 11.5 Å². The maximum absolute atomic E-state index is 11.0. The van der Waals surface area contributed by atoms with Gasteiger partial charge in [0.1, 0.15) is 5.91 Å². The molecule has 1 N–H and O–H groups in total. The Kier molecular flexibility index (Phi) is 11.7. The van der Waals surface area contributed by atoms with Crippen molar-refractivity contribution in [1.29, 1.82) is 0 Å². The summed E-state index contributed by atoms with van der Waals surface area (Å²) < 4.78 is 11.6. The van der Waals surface area contributed by atoms with Crippen LogP contribution >= 0.6 is 0 Å². The largest absolute Gasteiger partial charge is 0.478 e. The summed E-state index contributed by atoms with van der Waals surface area (Å²) in [4.78, 5) is 11.0. The Labute approximate surface area is 125 Å². The second-order valence-corrected chi connectivity index (χ2v) is 7.17. The van der Waals surface area contributed by atoms with Crippen LogP contribution in [0.25, 0.3) is 0 Å². The second kappa shape index (κ2) is 12.1. The Bertz CT molecular complexity index is 271. The van der Waals surface area contributed by atoms with Gasteiger partial charge in [0.25, 0.3) is 0 Å². The summed E-state index contributed by atoms with van der Waals surface area (Å²) in [5.41, 5.74) is 0.350. The number of rotatable bonds is 13. The molecule has 0 aromatic heterocycles. The highest BCUT2D eigenvalue weighted by Gasteiger charge is 2.23. The first-order chi connectivity index (χ1) is 9.56. The van der Waals surface area contributed by atoms with Crippen LogP contribution in [0.5, 0.6) is 0 Å². The summed E-state index contributed by atoms with van der Waals surface area (Å²) >= 11 is 0. The Morgan fingerprint density at radius 2 is 1.65 bits per heavy atom. The quantitative estimate of drug-likeness (QED) is 0.246. The molecular weight excluding hydrogens is 272 g/mol. The van der Waals surface area contributed by atoms with Crippen LogP contribution < -0.4 is 0 Å². The molecule has 0 rings (SSSR count). The Hall–Kier alpha value is -0.653. The summed E-state index contributed by atoms with van der Waals surface area (Å²) in [6, 6.07) is 0. The molecule has 0 aliphatic carbocycles. The van der Waals surface area contributed by atoms with Gasteiger partial charge in [-0.25, -0.2) is 4.79 Å². The van der Waals surface area contributed by atoms with Crippen molar-refractivity contribution in [3.8, 4) is 0 Å². The van der Waals surface area contributed by atoms with Gasteiger partial charge >= 0.3 is 5.97 Å². The third kappa shape index (κ3) is 8.50. The molecule has 0 aromatic rings. The highest BCUT2D eigenvalue weighted by Crippen LogP contribution is 2.21. The Morgan fingerprint density at radius 3 is 2.00 bits per heavy atom. The summed E-state index contributed by atoms with van der Waals surface area (Å²) in [6.07, 6.45) is 4.99. The van der Waals surface area contributed by atoms with E-state index in [4.69, 9.17) is 14.6 Å². The van der Waals surface area contributed by atoms with E-state index >= 15 is 0 Å². The van der Waals surface area contributed by atoms with Crippen LogP contribution in [0.4, 0.5) is 0 Å². The minimum Gasteiger partial charge on any atom is -0.478 e. The molecule has 0 fully saturated rings. The van der Waals surface area contributed by atoms with Crippen LogP contribution in [0.2, 0.25) is 5.54 Å². The van der Waals surface area contributed by atoms with Gasteiger partial charge in [-0.15, -0.1) is 0 Å². The molecule has 0 amide bonds. The average Bonchev–Trinajstić information content (AvgIpc) is 2.43. The van der Waals surface area contributed by atoms with E-state index in [1.165, 1.54) is 0 Å². The molecule has 0 saturated carbocycles. The first-order valence-corrected chi connectivity index (χ1v) is 9.35. The summed E-state index contributed by atoms with van der Waals surface area (Å²) in [7, 11) is -0.832. The molecular formula is C15H30O4Si. The van der Waals surface area contributed by atoms with Gasteiger partial charge in [0.05, 0.1) is 9.52 Å². The zero-order chi connectivity index (χ0) is 15.4. The Morgan fingerprint density at radius 1 is 1.15 bits per heavy atom. The van der Waals surface area contributed by atoms with Crippen LogP contribution in [-0.4, -0.2) is 39.7 Å². The maximum Gasteiger partial charge on any atom is 0.330 e. The highest BCUT2D eigenvalue weighted by molar-refractivity contribution is 6.41. The third-order valence-electron chi connectivity index (χ3n) is 3.34. The van der Waals surface area contributed by atoms with E-state index in [2.05, 4.69) is 20.4 Å². The van der Waals surface area contributed by atoms with E-state index in [9.17, 15) is 4.79 Å². The zero-order valence-corrected chi connectivity index (χ0v) is 14.6. The molecule has 4 nitrogen and oxygen atoms in total. The van der Waals surface area contributed by atoms with Crippen molar-refractivity contribution in [3.63, 3.8) is 0 Å². The number of carbonyl (C=O) groups is 1. The van der Waals surface area contributed by atoms with E-state index in [0.29, 0.717) is 18.8 Å². The number of carboxylic acids is 1.